The highest BCUT2D eigenvalue weighted by molar-refractivity contribution is 9.09. The zero-order valence-electron chi connectivity index (χ0n) is 19.3. The molecule has 0 aliphatic carbocycles. The number of hydrogen-bond acceptors (Lipinski definition) is 6. The summed E-state index contributed by atoms with van der Waals surface area (Å²) < 4.78 is 11.7. The third-order valence-electron chi connectivity index (χ3n) is 7.12. The third-order valence-corrected chi connectivity index (χ3v) is 8.28. The van der Waals surface area contributed by atoms with Crippen molar-refractivity contribution in [2.45, 2.75) is 62.1 Å². The maximum absolute atomic E-state index is 13.8. The van der Waals surface area contributed by atoms with Gasteiger partial charge in [0.1, 0.15) is 11.6 Å². The number of nitrogens with one attached hydrogen (secondary N) is 1. The van der Waals surface area contributed by atoms with Gasteiger partial charge in [-0.05, 0) is 51.2 Å². The van der Waals surface area contributed by atoms with E-state index in [0.29, 0.717) is 42.9 Å². The molecule has 1 aromatic rings. The highest BCUT2D eigenvalue weighted by Crippen LogP contribution is 2.60. The lowest BCUT2D eigenvalue weighted by Gasteiger charge is -2.34. The van der Waals surface area contributed by atoms with Crippen LogP contribution in [0.25, 0.3) is 0 Å². The van der Waals surface area contributed by atoms with Gasteiger partial charge in [0.05, 0.1) is 35.3 Å². The van der Waals surface area contributed by atoms with Gasteiger partial charge in [-0.3, -0.25) is 14.4 Å². The Morgan fingerprint density at radius 2 is 2.12 bits per heavy atom. The second kappa shape index (κ2) is 10.1. The predicted octanol–water partition coefficient (Wildman–Crippen LogP) is 3.06. The first-order valence-electron chi connectivity index (χ1n) is 11.7. The van der Waals surface area contributed by atoms with Gasteiger partial charge in [-0.15, -0.1) is 0 Å². The van der Waals surface area contributed by atoms with Gasteiger partial charge >= 0.3 is 5.97 Å². The zero-order valence-corrected chi connectivity index (χ0v) is 21.6. The lowest BCUT2D eigenvalue weighted by atomic mass is 9.70. The van der Waals surface area contributed by atoms with Crippen LogP contribution in [-0.4, -0.2) is 70.1 Å². The fraction of sp³-hybridized carbons (Fsp3) is 0.625. The van der Waals surface area contributed by atoms with E-state index in [-0.39, 0.29) is 29.9 Å². The summed E-state index contributed by atoms with van der Waals surface area (Å²) in [5, 5.41) is 12.5. The minimum Gasteiger partial charge on any atom is -0.466 e. The van der Waals surface area contributed by atoms with E-state index in [1.807, 2.05) is 13.0 Å². The van der Waals surface area contributed by atoms with Gasteiger partial charge in [0.15, 0.2) is 0 Å². The SMILES string of the molecule is CCOC(=O)[C@H]1[C@@H]2O[C@@]3(CC2Br)[C@@H]1C(=O)N(CCCCCO)[C@@H]3C(=O)Nc1c(C)cccc1Cl. The van der Waals surface area contributed by atoms with Crippen LogP contribution in [0.1, 0.15) is 38.2 Å². The number of benzene rings is 1. The number of ether oxygens (including phenoxy) is 2. The number of esters is 1. The normalized spacial score (nSPS) is 31.6. The summed E-state index contributed by atoms with van der Waals surface area (Å²) in [4.78, 5) is 41.8. The number of fused-ring (bicyclic) bond motifs is 1. The van der Waals surface area contributed by atoms with Gasteiger partial charge in [-0.25, -0.2) is 0 Å². The van der Waals surface area contributed by atoms with E-state index in [1.54, 1.807) is 24.0 Å². The molecule has 1 spiro atoms. The molecule has 1 unspecified atom stereocenters. The minimum absolute atomic E-state index is 0.0667. The van der Waals surface area contributed by atoms with Gasteiger partial charge in [0.25, 0.3) is 0 Å². The van der Waals surface area contributed by atoms with E-state index in [4.69, 9.17) is 26.2 Å². The van der Waals surface area contributed by atoms with Crippen molar-refractivity contribution < 1.29 is 29.0 Å². The molecule has 3 fully saturated rings. The molecule has 0 aromatic heterocycles. The van der Waals surface area contributed by atoms with E-state index < -0.39 is 35.6 Å². The maximum Gasteiger partial charge on any atom is 0.312 e. The fourth-order valence-corrected chi connectivity index (χ4v) is 6.94. The summed E-state index contributed by atoms with van der Waals surface area (Å²) in [5.74, 6) is -2.68. The standard InChI is InChI=1S/C24H30BrClN2O6/c1-3-33-23(32)16-17-22(31)28(10-5-4-6-11-29)20(24(17)12-14(25)19(16)34-24)21(30)27-18-13(2)8-7-9-15(18)26/h7-9,14,16-17,19-20,29H,3-6,10-12H2,1-2H3,(H,27,30)/t14?,16-,17+,19-,20-,24+/m1/s1. The average molecular weight is 558 g/mol. The maximum atomic E-state index is 13.8. The molecule has 10 heteroatoms. The molecule has 3 aliphatic rings. The molecule has 3 saturated heterocycles. The molecule has 6 atom stereocenters. The Hall–Kier alpha value is -1.68. The number of aliphatic hydroxyl groups excluding tert-OH is 1. The van der Waals surface area contributed by atoms with Gasteiger partial charge in [0, 0.05) is 18.0 Å². The summed E-state index contributed by atoms with van der Waals surface area (Å²) in [6.07, 6.45) is 1.83. The summed E-state index contributed by atoms with van der Waals surface area (Å²) >= 11 is 9.98. The fourth-order valence-electron chi connectivity index (χ4n) is 5.73. The molecular formula is C24H30BrClN2O6. The van der Waals surface area contributed by atoms with Crippen molar-refractivity contribution in [2.75, 3.05) is 25.1 Å². The molecule has 4 rings (SSSR count). The number of aryl methyl sites for hydroxylation is 1. The van der Waals surface area contributed by atoms with Crippen molar-refractivity contribution in [1.82, 2.24) is 4.90 Å². The Kier molecular flexibility index (Phi) is 7.57. The van der Waals surface area contributed by atoms with Crippen molar-refractivity contribution in [3.05, 3.63) is 28.8 Å². The number of carbonyl (C=O) groups excluding carboxylic acids is 3. The second-order valence-electron chi connectivity index (χ2n) is 9.15. The van der Waals surface area contributed by atoms with Gasteiger partial charge in [0.2, 0.25) is 11.8 Å². The molecule has 3 heterocycles. The summed E-state index contributed by atoms with van der Waals surface area (Å²) in [5.41, 5.74) is 0.156. The van der Waals surface area contributed by atoms with Gasteiger partial charge in [-0.1, -0.05) is 39.7 Å². The first-order valence-corrected chi connectivity index (χ1v) is 13.0. The van der Waals surface area contributed by atoms with E-state index in [2.05, 4.69) is 21.2 Å². The van der Waals surface area contributed by atoms with Crippen molar-refractivity contribution in [3.63, 3.8) is 0 Å². The predicted molar refractivity (Wildman–Crippen MR) is 130 cm³/mol. The molecule has 2 amide bonds. The van der Waals surface area contributed by atoms with Crippen molar-refractivity contribution in [2.24, 2.45) is 11.8 Å². The average Bonchev–Trinajstić information content (AvgIpc) is 3.37. The van der Waals surface area contributed by atoms with Crippen LogP contribution in [0.4, 0.5) is 5.69 Å². The topological polar surface area (TPSA) is 105 Å². The Balaban J connectivity index is 1.70. The lowest BCUT2D eigenvalue weighted by Crippen LogP contribution is -2.54. The Labute approximate surface area is 212 Å². The molecule has 3 aliphatic heterocycles. The third kappa shape index (κ3) is 4.14. The van der Waals surface area contributed by atoms with Crippen LogP contribution in [0.5, 0.6) is 0 Å². The van der Waals surface area contributed by atoms with E-state index >= 15 is 0 Å². The molecule has 186 valence electrons. The number of nitrogens with zero attached hydrogens (tertiary/aromatic N) is 1. The zero-order chi connectivity index (χ0) is 24.6. The largest absolute Gasteiger partial charge is 0.466 e. The molecule has 0 radical (unpaired) electrons. The summed E-state index contributed by atoms with van der Waals surface area (Å²) in [7, 11) is 0. The number of rotatable bonds is 9. The lowest BCUT2D eigenvalue weighted by molar-refractivity contribution is -0.154. The van der Waals surface area contributed by atoms with Crippen LogP contribution >= 0.6 is 27.5 Å². The quantitative estimate of drug-likeness (QED) is 0.275. The number of halogens is 2. The first-order chi connectivity index (χ1) is 16.3. The Bertz CT molecular complexity index is 957. The van der Waals surface area contributed by atoms with E-state index in [9.17, 15) is 14.4 Å². The van der Waals surface area contributed by atoms with Crippen LogP contribution in [0.2, 0.25) is 5.02 Å². The minimum atomic E-state index is -1.14. The van der Waals surface area contributed by atoms with Crippen LogP contribution < -0.4 is 5.32 Å². The number of alkyl halides is 1. The molecule has 34 heavy (non-hydrogen) atoms. The Morgan fingerprint density at radius 1 is 1.35 bits per heavy atom. The summed E-state index contributed by atoms with van der Waals surface area (Å²) in [6.45, 7) is 4.16. The van der Waals surface area contributed by atoms with Crippen LogP contribution in [0.3, 0.4) is 0 Å². The van der Waals surface area contributed by atoms with E-state index in [0.717, 1.165) is 5.56 Å². The summed E-state index contributed by atoms with van der Waals surface area (Å²) in [6, 6.07) is 4.42. The Morgan fingerprint density at radius 3 is 2.79 bits per heavy atom. The van der Waals surface area contributed by atoms with E-state index in [1.165, 1.54) is 0 Å². The number of amides is 2. The number of unbranched alkanes of at least 4 members (excludes halogenated alkanes) is 2. The van der Waals surface area contributed by atoms with Gasteiger partial charge < -0.3 is 24.8 Å². The highest BCUT2D eigenvalue weighted by Gasteiger charge is 2.76. The molecular weight excluding hydrogens is 528 g/mol. The monoisotopic (exact) mass is 556 g/mol. The second-order valence-corrected chi connectivity index (χ2v) is 10.7. The number of likely N-dealkylation sites (tertiary alicyclic amines) is 1. The molecule has 8 nitrogen and oxygen atoms in total. The van der Waals surface area contributed by atoms with Crippen molar-refractivity contribution in [1.29, 1.82) is 0 Å². The van der Waals surface area contributed by atoms with Gasteiger partial charge in [-0.2, -0.15) is 0 Å². The van der Waals surface area contributed by atoms with Crippen LogP contribution in [0.15, 0.2) is 18.2 Å². The number of hydrogen-bond donors (Lipinski definition) is 2. The smallest absolute Gasteiger partial charge is 0.312 e. The molecule has 0 saturated carbocycles. The molecule has 2 bridgehead atoms. The van der Waals surface area contributed by atoms with Crippen LogP contribution in [-0.2, 0) is 23.9 Å². The number of anilines is 1. The van der Waals surface area contributed by atoms with Crippen molar-refractivity contribution in [3.8, 4) is 0 Å². The van der Waals surface area contributed by atoms with Crippen LogP contribution in [0, 0.1) is 18.8 Å². The van der Waals surface area contributed by atoms with Crippen molar-refractivity contribution >= 4 is 51.0 Å². The number of para-hydroxylation sites is 1. The molecule has 1 aromatic carbocycles. The number of aliphatic hydroxyl groups is 1. The first kappa shape index (κ1) is 25.4. The molecule has 2 N–H and O–H groups in total. The number of carbonyl (C=O) groups is 3. The highest BCUT2D eigenvalue weighted by atomic mass is 79.9.